The third kappa shape index (κ3) is 5.81. The van der Waals surface area contributed by atoms with Crippen LogP contribution in [0.4, 0.5) is 0 Å². The van der Waals surface area contributed by atoms with Crippen molar-refractivity contribution in [1.29, 1.82) is 0 Å². The van der Waals surface area contributed by atoms with Gasteiger partial charge in [0.25, 0.3) is 0 Å². The highest BCUT2D eigenvalue weighted by Crippen LogP contribution is 2.36. The van der Waals surface area contributed by atoms with Gasteiger partial charge >= 0.3 is 5.97 Å². The fraction of sp³-hybridized carbons (Fsp3) is 0.458. The maximum atomic E-state index is 12.9. The average molecular weight is 398 g/mol. The fourth-order valence-corrected chi connectivity index (χ4v) is 4.00. The van der Waals surface area contributed by atoms with Gasteiger partial charge in [-0.25, -0.2) is 0 Å². The molecule has 156 valence electrons. The van der Waals surface area contributed by atoms with Gasteiger partial charge in [0, 0.05) is 13.7 Å². The molecular weight excluding hydrogens is 366 g/mol. The molecular formula is C24H31NO4. The Bertz CT molecular complexity index is 798. The maximum Gasteiger partial charge on any atom is 0.313 e. The number of carbonyl (C=O) groups excluding carboxylic acids is 1. The third-order valence-corrected chi connectivity index (χ3v) is 5.37. The highest BCUT2D eigenvalue weighted by Gasteiger charge is 2.42. The Morgan fingerprint density at radius 2 is 2.00 bits per heavy atom. The number of furan rings is 1. The van der Waals surface area contributed by atoms with Crippen LogP contribution in [0.15, 0.2) is 53.0 Å². The second-order valence-electron chi connectivity index (χ2n) is 7.63. The smallest absolute Gasteiger partial charge is 0.313 e. The van der Waals surface area contributed by atoms with Crippen LogP contribution in [0.3, 0.4) is 0 Å². The molecule has 1 aliphatic heterocycles. The van der Waals surface area contributed by atoms with Crippen molar-refractivity contribution in [3.63, 3.8) is 0 Å². The van der Waals surface area contributed by atoms with Crippen LogP contribution in [0.25, 0.3) is 6.08 Å². The molecule has 1 atom stereocenters. The van der Waals surface area contributed by atoms with E-state index < -0.39 is 5.41 Å². The lowest BCUT2D eigenvalue weighted by Gasteiger charge is -2.40. The van der Waals surface area contributed by atoms with E-state index in [9.17, 15) is 4.79 Å². The first-order chi connectivity index (χ1) is 14.1. The molecule has 3 rings (SSSR count). The highest BCUT2D eigenvalue weighted by atomic mass is 16.5. The summed E-state index contributed by atoms with van der Waals surface area (Å²) < 4.78 is 16.5. The van der Waals surface area contributed by atoms with Crippen LogP contribution in [0.1, 0.15) is 43.3 Å². The van der Waals surface area contributed by atoms with Crippen LogP contribution >= 0.6 is 0 Å². The van der Waals surface area contributed by atoms with E-state index in [1.54, 1.807) is 7.11 Å². The molecule has 1 saturated heterocycles. The Kier molecular flexibility index (Phi) is 7.67. The molecule has 0 amide bonds. The molecule has 29 heavy (non-hydrogen) atoms. The van der Waals surface area contributed by atoms with Crippen molar-refractivity contribution in [3.05, 3.63) is 65.6 Å². The lowest BCUT2D eigenvalue weighted by atomic mass is 9.76. The van der Waals surface area contributed by atoms with E-state index in [0.29, 0.717) is 32.7 Å². The predicted octanol–water partition coefficient (Wildman–Crippen LogP) is 4.67. The first kappa shape index (κ1) is 21.3. The predicted molar refractivity (Wildman–Crippen MR) is 113 cm³/mol. The zero-order chi connectivity index (χ0) is 20.5. The van der Waals surface area contributed by atoms with Gasteiger partial charge in [0.15, 0.2) is 0 Å². The highest BCUT2D eigenvalue weighted by molar-refractivity contribution is 5.77. The number of nitrogens with zero attached hydrogens (tertiary/aromatic N) is 1. The fourth-order valence-electron chi connectivity index (χ4n) is 4.00. The SMILES string of the molecule is CCOC(=O)[C@@]1(C/C=C/c2ccccc2)CCCN(Cc2ccc(COC)o2)C1. The lowest BCUT2D eigenvalue weighted by molar-refractivity contribution is -0.159. The van der Waals surface area contributed by atoms with Gasteiger partial charge in [-0.3, -0.25) is 9.69 Å². The van der Waals surface area contributed by atoms with Gasteiger partial charge in [-0.2, -0.15) is 0 Å². The summed E-state index contributed by atoms with van der Waals surface area (Å²) in [5.41, 5.74) is 0.627. The molecule has 1 aliphatic rings. The first-order valence-corrected chi connectivity index (χ1v) is 10.3. The summed E-state index contributed by atoms with van der Waals surface area (Å²) in [7, 11) is 1.66. The van der Waals surface area contributed by atoms with E-state index in [1.165, 1.54) is 0 Å². The van der Waals surface area contributed by atoms with E-state index in [4.69, 9.17) is 13.9 Å². The molecule has 0 spiro atoms. The van der Waals surface area contributed by atoms with Crippen molar-refractivity contribution in [3.8, 4) is 0 Å². The summed E-state index contributed by atoms with van der Waals surface area (Å²) in [6.07, 6.45) is 6.67. The molecule has 1 fully saturated rings. The number of likely N-dealkylation sites (tertiary alicyclic amines) is 1. The van der Waals surface area contributed by atoms with Gasteiger partial charge in [-0.15, -0.1) is 0 Å². The van der Waals surface area contributed by atoms with Gasteiger partial charge in [0.1, 0.15) is 18.1 Å². The van der Waals surface area contributed by atoms with Gasteiger partial charge in [0.05, 0.1) is 18.6 Å². The number of allylic oxidation sites excluding steroid dienone is 1. The van der Waals surface area contributed by atoms with Crippen molar-refractivity contribution >= 4 is 12.0 Å². The van der Waals surface area contributed by atoms with Crippen molar-refractivity contribution in [1.82, 2.24) is 4.90 Å². The standard InChI is InChI=1S/C24H31NO4/c1-3-28-23(26)24(14-7-11-20-9-5-4-6-10-20)15-8-16-25(19-24)17-21-12-13-22(29-21)18-27-2/h4-7,9-13H,3,8,14-19H2,1-2H3/b11-7+/t24-/m0/s1. The van der Waals surface area contributed by atoms with Gasteiger partial charge in [-0.1, -0.05) is 42.5 Å². The minimum absolute atomic E-state index is 0.0954. The normalized spacial score (nSPS) is 20.2. The minimum Gasteiger partial charge on any atom is -0.466 e. The van der Waals surface area contributed by atoms with Crippen molar-refractivity contribution in [2.24, 2.45) is 5.41 Å². The van der Waals surface area contributed by atoms with E-state index in [1.807, 2.05) is 37.3 Å². The molecule has 1 aromatic carbocycles. The first-order valence-electron chi connectivity index (χ1n) is 10.3. The number of methoxy groups -OCH3 is 1. The lowest BCUT2D eigenvalue weighted by Crippen LogP contribution is -2.48. The number of hydrogen-bond donors (Lipinski definition) is 0. The molecule has 5 heteroatoms. The van der Waals surface area contributed by atoms with Crippen LogP contribution in [0.2, 0.25) is 0 Å². The number of benzene rings is 1. The Morgan fingerprint density at radius 1 is 1.21 bits per heavy atom. The summed E-state index contributed by atoms with van der Waals surface area (Å²) >= 11 is 0. The minimum atomic E-state index is -0.512. The summed E-state index contributed by atoms with van der Waals surface area (Å²) in [5.74, 6) is 1.63. The van der Waals surface area contributed by atoms with Crippen molar-refractivity contribution in [2.75, 3.05) is 26.8 Å². The largest absolute Gasteiger partial charge is 0.466 e. The molecule has 5 nitrogen and oxygen atoms in total. The number of rotatable bonds is 9. The zero-order valence-electron chi connectivity index (χ0n) is 17.4. The van der Waals surface area contributed by atoms with Gasteiger partial charge in [0.2, 0.25) is 0 Å². The second kappa shape index (κ2) is 10.4. The second-order valence-corrected chi connectivity index (χ2v) is 7.63. The third-order valence-electron chi connectivity index (χ3n) is 5.37. The Balaban J connectivity index is 1.70. The average Bonchev–Trinajstić information content (AvgIpc) is 3.16. The van der Waals surface area contributed by atoms with Gasteiger partial charge < -0.3 is 13.9 Å². The summed E-state index contributed by atoms with van der Waals surface area (Å²) in [4.78, 5) is 15.2. The molecule has 2 heterocycles. The maximum absolute atomic E-state index is 12.9. The number of carbonyl (C=O) groups is 1. The molecule has 2 aromatic rings. The topological polar surface area (TPSA) is 51.9 Å². The van der Waals surface area contributed by atoms with Crippen LogP contribution in [-0.4, -0.2) is 37.7 Å². The Labute approximate surface area is 173 Å². The number of ether oxygens (including phenoxy) is 2. The molecule has 1 aromatic heterocycles. The van der Waals surface area contributed by atoms with Crippen LogP contribution in [-0.2, 0) is 27.4 Å². The summed E-state index contributed by atoms with van der Waals surface area (Å²) in [6.45, 7) is 5.05. The molecule has 0 saturated carbocycles. The van der Waals surface area contributed by atoms with E-state index in [0.717, 1.165) is 36.5 Å². The van der Waals surface area contributed by atoms with E-state index >= 15 is 0 Å². The van der Waals surface area contributed by atoms with Gasteiger partial charge in [-0.05, 0) is 50.4 Å². The zero-order valence-corrected chi connectivity index (χ0v) is 17.4. The molecule has 0 aliphatic carbocycles. The number of esters is 1. The Morgan fingerprint density at radius 3 is 2.76 bits per heavy atom. The molecule has 0 unspecified atom stereocenters. The van der Waals surface area contributed by atoms with Crippen LogP contribution in [0.5, 0.6) is 0 Å². The van der Waals surface area contributed by atoms with E-state index in [-0.39, 0.29) is 5.97 Å². The molecule has 0 N–H and O–H groups in total. The van der Waals surface area contributed by atoms with E-state index in [2.05, 4.69) is 29.2 Å². The van der Waals surface area contributed by atoms with Crippen molar-refractivity contribution in [2.45, 2.75) is 39.3 Å². The monoisotopic (exact) mass is 397 g/mol. The van der Waals surface area contributed by atoms with Crippen LogP contribution in [0, 0.1) is 5.41 Å². The number of hydrogen-bond acceptors (Lipinski definition) is 5. The summed E-state index contributed by atoms with van der Waals surface area (Å²) in [5, 5.41) is 0. The number of piperidine rings is 1. The molecule has 0 bridgehead atoms. The molecule has 0 radical (unpaired) electrons. The quantitative estimate of drug-likeness (QED) is 0.575. The Hall–Kier alpha value is -2.37. The van der Waals surface area contributed by atoms with Crippen LogP contribution < -0.4 is 0 Å². The van der Waals surface area contributed by atoms with Crippen molar-refractivity contribution < 1.29 is 18.7 Å². The summed E-state index contributed by atoms with van der Waals surface area (Å²) in [6, 6.07) is 14.1.